The molecule has 0 amide bonds. The lowest BCUT2D eigenvalue weighted by Crippen LogP contribution is -2.35. The van der Waals surface area contributed by atoms with Gasteiger partial charge in [0.2, 0.25) is 0 Å². The molecule has 1 fully saturated rings. The summed E-state index contributed by atoms with van der Waals surface area (Å²) in [5.74, 6) is 0.368. The van der Waals surface area contributed by atoms with Gasteiger partial charge >= 0.3 is 5.97 Å². The van der Waals surface area contributed by atoms with Gasteiger partial charge in [0, 0.05) is 0 Å². The molecule has 0 aromatic heterocycles. The van der Waals surface area contributed by atoms with Crippen molar-refractivity contribution in [1.82, 2.24) is 0 Å². The number of esters is 1. The van der Waals surface area contributed by atoms with E-state index in [0.717, 1.165) is 12.8 Å². The maximum Gasteiger partial charge on any atom is 0.323 e. The summed E-state index contributed by atoms with van der Waals surface area (Å²) >= 11 is 4.03. The number of ether oxygens (including phenoxy) is 1. The van der Waals surface area contributed by atoms with Crippen molar-refractivity contribution in [2.45, 2.75) is 50.7 Å². The number of thiol groups is 1. The first-order valence-electron chi connectivity index (χ1n) is 5.31. The zero-order valence-electron chi connectivity index (χ0n) is 8.45. The number of hydrogen-bond donors (Lipinski definition) is 2. The topological polar surface area (TPSA) is 52.3 Å². The van der Waals surface area contributed by atoms with Gasteiger partial charge in [0.1, 0.15) is 12.1 Å². The minimum Gasteiger partial charge on any atom is -0.461 e. The lowest BCUT2D eigenvalue weighted by atomic mass is 9.98. The van der Waals surface area contributed by atoms with Gasteiger partial charge in [0.15, 0.2) is 0 Å². The van der Waals surface area contributed by atoms with Crippen LogP contribution in [0.25, 0.3) is 0 Å². The Morgan fingerprint density at radius 1 is 1.43 bits per heavy atom. The second-order valence-electron chi connectivity index (χ2n) is 3.82. The normalized spacial score (nSPS) is 20.4. The average molecular weight is 217 g/mol. The molecule has 1 saturated carbocycles. The predicted octanol–water partition coefficient (Wildman–Crippen LogP) is 1.51. The Labute approximate surface area is 90.8 Å². The van der Waals surface area contributed by atoms with E-state index >= 15 is 0 Å². The van der Waals surface area contributed by atoms with Crippen molar-refractivity contribution in [3.05, 3.63) is 0 Å². The Morgan fingerprint density at radius 2 is 2.07 bits per heavy atom. The van der Waals surface area contributed by atoms with Crippen molar-refractivity contribution in [3.8, 4) is 0 Å². The van der Waals surface area contributed by atoms with Crippen molar-refractivity contribution in [2.24, 2.45) is 5.73 Å². The molecule has 3 nitrogen and oxygen atoms in total. The standard InChI is InChI=1S/C10H19NO2S/c11-9(6-7-14)10(12)13-8-4-2-1-3-5-8/h8-9,14H,1-7,11H2. The molecule has 0 radical (unpaired) electrons. The highest BCUT2D eigenvalue weighted by molar-refractivity contribution is 7.80. The van der Waals surface area contributed by atoms with Crippen molar-refractivity contribution in [2.75, 3.05) is 5.75 Å². The molecule has 0 heterocycles. The van der Waals surface area contributed by atoms with Crippen LogP contribution in [0, 0.1) is 0 Å². The average Bonchev–Trinajstić information content (AvgIpc) is 2.19. The summed E-state index contributed by atoms with van der Waals surface area (Å²) < 4.78 is 5.31. The van der Waals surface area contributed by atoms with E-state index in [0.29, 0.717) is 12.2 Å². The molecule has 0 aromatic carbocycles. The molecular formula is C10H19NO2S. The Morgan fingerprint density at radius 3 is 2.64 bits per heavy atom. The third-order valence-electron chi connectivity index (χ3n) is 2.58. The van der Waals surface area contributed by atoms with E-state index in [1.54, 1.807) is 0 Å². The highest BCUT2D eigenvalue weighted by Gasteiger charge is 2.21. The number of rotatable bonds is 4. The fourth-order valence-corrected chi connectivity index (χ4v) is 1.97. The van der Waals surface area contributed by atoms with Crippen molar-refractivity contribution in [1.29, 1.82) is 0 Å². The van der Waals surface area contributed by atoms with E-state index in [-0.39, 0.29) is 12.1 Å². The molecule has 0 spiro atoms. The zero-order valence-corrected chi connectivity index (χ0v) is 9.34. The van der Waals surface area contributed by atoms with Crippen LogP contribution in [-0.4, -0.2) is 23.9 Å². The summed E-state index contributed by atoms with van der Waals surface area (Å²) in [4.78, 5) is 11.4. The van der Waals surface area contributed by atoms with Gasteiger partial charge in [-0.05, 0) is 37.9 Å². The number of carbonyl (C=O) groups is 1. The van der Waals surface area contributed by atoms with Gasteiger partial charge in [-0.3, -0.25) is 4.79 Å². The molecule has 14 heavy (non-hydrogen) atoms. The van der Waals surface area contributed by atoms with E-state index < -0.39 is 6.04 Å². The van der Waals surface area contributed by atoms with E-state index in [4.69, 9.17) is 10.5 Å². The molecule has 1 aliphatic carbocycles. The van der Waals surface area contributed by atoms with Crippen LogP contribution in [0.4, 0.5) is 0 Å². The Hall–Kier alpha value is -0.220. The summed E-state index contributed by atoms with van der Waals surface area (Å²) in [6, 6.07) is -0.491. The van der Waals surface area contributed by atoms with Crippen LogP contribution in [0.1, 0.15) is 38.5 Å². The maximum atomic E-state index is 11.4. The van der Waals surface area contributed by atoms with Crippen LogP contribution in [0.2, 0.25) is 0 Å². The Kier molecular flexibility index (Phi) is 5.33. The summed E-state index contributed by atoms with van der Waals surface area (Å²) in [5, 5.41) is 0. The summed E-state index contributed by atoms with van der Waals surface area (Å²) in [6.07, 6.45) is 6.30. The molecule has 1 rings (SSSR count). The van der Waals surface area contributed by atoms with E-state index in [1.807, 2.05) is 0 Å². The van der Waals surface area contributed by atoms with E-state index in [2.05, 4.69) is 12.6 Å². The summed E-state index contributed by atoms with van der Waals surface area (Å²) in [7, 11) is 0. The second kappa shape index (κ2) is 6.30. The van der Waals surface area contributed by atoms with Gasteiger partial charge in [-0.25, -0.2) is 0 Å². The van der Waals surface area contributed by atoms with Crippen LogP contribution in [0.3, 0.4) is 0 Å². The van der Waals surface area contributed by atoms with Crippen LogP contribution < -0.4 is 5.73 Å². The highest BCUT2D eigenvalue weighted by Crippen LogP contribution is 2.20. The first-order chi connectivity index (χ1) is 6.74. The molecule has 82 valence electrons. The zero-order chi connectivity index (χ0) is 10.4. The fourth-order valence-electron chi connectivity index (χ4n) is 1.69. The second-order valence-corrected chi connectivity index (χ2v) is 4.26. The predicted molar refractivity (Wildman–Crippen MR) is 59.4 cm³/mol. The number of hydrogen-bond acceptors (Lipinski definition) is 4. The SMILES string of the molecule is NC(CCS)C(=O)OC1CCCCC1. The van der Waals surface area contributed by atoms with Crippen LogP contribution in [-0.2, 0) is 9.53 Å². The Balaban J connectivity index is 2.24. The Bertz CT molecular complexity index is 181. The van der Waals surface area contributed by atoms with Crippen molar-refractivity contribution >= 4 is 18.6 Å². The maximum absolute atomic E-state index is 11.4. The summed E-state index contributed by atoms with van der Waals surface area (Å²) in [5.41, 5.74) is 5.62. The smallest absolute Gasteiger partial charge is 0.323 e. The van der Waals surface area contributed by atoms with Gasteiger partial charge in [-0.15, -0.1) is 0 Å². The van der Waals surface area contributed by atoms with E-state index in [1.165, 1.54) is 19.3 Å². The van der Waals surface area contributed by atoms with Gasteiger partial charge in [0.05, 0.1) is 0 Å². The number of carbonyl (C=O) groups excluding carboxylic acids is 1. The minimum atomic E-state index is -0.491. The molecule has 1 aliphatic rings. The minimum absolute atomic E-state index is 0.113. The molecule has 2 N–H and O–H groups in total. The van der Waals surface area contributed by atoms with Crippen molar-refractivity contribution < 1.29 is 9.53 Å². The molecule has 1 atom stereocenters. The van der Waals surface area contributed by atoms with Gasteiger partial charge in [-0.2, -0.15) is 12.6 Å². The van der Waals surface area contributed by atoms with Gasteiger partial charge in [0.25, 0.3) is 0 Å². The van der Waals surface area contributed by atoms with Crippen LogP contribution in [0.5, 0.6) is 0 Å². The first kappa shape index (κ1) is 11.9. The quantitative estimate of drug-likeness (QED) is 0.554. The molecule has 0 aliphatic heterocycles. The molecule has 4 heteroatoms. The van der Waals surface area contributed by atoms with Crippen molar-refractivity contribution in [3.63, 3.8) is 0 Å². The lowest BCUT2D eigenvalue weighted by molar-refractivity contribution is -0.152. The van der Waals surface area contributed by atoms with Crippen LogP contribution in [0.15, 0.2) is 0 Å². The monoisotopic (exact) mass is 217 g/mol. The largest absolute Gasteiger partial charge is 0.461 e. The molecule has 0 bridgehead atoms. The third-order valence-corrected chi connectivity index (χ3v) is 2.84. The molecule has 0 aromatic rings. The fraction of sp³-hybridized carbons (Fsp3) is 0.900. The first-order valence-corrected chi connectivity index (χ1v) is 5.94. The molecular weight excluding hydrogens is 198 g/mol. The molecule has 0 saturated heterocycles. The lowest BCUT2D eigenvalue weighted by Gasteiger charge is -2.23. The van der Waals surface area contributed by atoms with E-state index in [9.17, 15) is 4.79 Å². The van der Waals surface area contributed by atoms with Gasteiger partial charge < -0.3 is 10.5 Å². The summed E-state index contributed by atoms with van der Waals surface area (Å²) in [6.45, 7) is 0. The van der Waals surface area contributed by atoms with Crippen LogP contribution >= 0.6 is 12.6 Å². The third kappa shape index (κ3) is 3.88. The number of nitrogens with two attached hydrogens (primary N) is 1. The van der Waals surface area contributed by atoms with Gasteiger partial charge in [-0.1, -0.05) is 6.42 Å². The molecule has 1 unspecified atom stereocenters. The highest BCUT2D eigenvalue weighted by atomic mass is 32.1.